The zero-order valence-electron chi connectivity index (χ0n) is 12.5. The van der Waals surface area contributed by atoms with Crippen molar-refractivity contribution in [1.82, 2.24) is 5.32 Å². The highest BCUT2D eigenvalue weighted by atomic mass is 35.5. The second kappa shape index (κ2) is 8.49. The van der Waals surface area contributed by atoms with Gasteiger partial charge < -0.3 is 5.32 Å². The van der Waals surface area contributed by atoms with E-state index < -0.39 is 0 Å². The lowest BCUT2D eigenvalue weighted by Crippen LogP contribution is -2.33. The summed E-state index contributed by atoms with van der Waals surface area (Å²) in [5.41, 5.74) is 2.84. The van der Waals surface area contributed by atoms with E-state index >= 15 is 0 Å². The molecule has 0 radical (unpaired) electrons. The second-order valence-electron chi connectivity index (χ2n) is 5.64. The number of allylic oxidation sites excluding steroid dienone is 1. The molecule has 1 aliphatic rings. The Hall–Kier alpha value is -0.790. The molecule has 1 aromatic rings. The fourth-order valence-electron chi connectivity index (χ4n) is 3.00. The minimum Gasteiger partial charge on any atom is -0.310 e. The van der Waals surface area contributed by atoms with Crippen LogP contribution in [0.2, 0.25) is 5.02 Å². The van der Waals surface area contributed by atoms with Gasteiger partial charge in [0.15, 0.2) is 0 Å². The topological polar surface area (TPSA) is 12.0 Å². The molecule has 1 atom stereocenters. The lowest BCUT2D eigenvalue weighted by atomic mass is 9.91. The van der Waals surface area contributed by atoms with Crippen LogP contribution < -0.4 is 5.32 Å². The number of rotatable bonds is 5. The molecule has 0 saturated heterocycles. The summed E-state index contributed by atoms with van der Waals surface area (Å²) in [6, 6.07) is 8.67. The molecule has 1 aliphatic carbocycles. The third-order valence-electron chi connectivity index (χ3n) is 4.11. The first-order chi connectivity index (χ1) is 9.81. The van der Waals surface area contributed by atoms with Gasteiger partial charge in [-0.3, -0.25) is 0 Å². The summed E-state index contributed by atoms with van der Waals surface area (Å²) in [6.07, 6.45) is 11.4. The van der Waals surface area contributed by atoms with Crippen LogP contribution in [-0.2, 0) is 6.42 Å². The van der Waals surface area contributed by atoms with E-state index in [1.165, 1.54) is 44.1 Å². The Balaban J connectivity index is 2.11. The molecule has 0 heterocycles. The van der Waals surface area contributed by atoms with E-state index in [2.05, 4.69) is 30.4 Å². The van der Waals surface area contributed by atoms with Crippen molar-refractivity contribution in [3.63, 3.8) is 0 Å². The predicted octanol–water partition coefficient (Wildman–Crippen LogP) is 5.14. The van der Waals surface area contributed by atoms with Crippen LogP contribution in [0.3, 0.4) is 0 Å². The van der Waals surface area contributed by atoms with Gasteiger partial charge >= 0.3 is 0 Å². The van der Waals surface area contributed by atoms with Crippen molar-refractivity contribution in [2.75, 3.05) is 6.54 Å². The Kier molecular flexibility index (Phi) is 6.62. The summed E-state index contributed by atoms with van der Waals surface area (Å²) in [7, 11) is 0. The van der Waals surface area contributed by atoms with Crippen LogP contribution in [0.1, 0.15) is 51.0 Å². The van der Waals surface area contributed by atoms with Gasteiger partial charge in [-0.1, -0.05) is 61.2 Å². The van der Waals surface area contributed by atoms with E-state index in [9.17, 15) is 0 Å². The van der Waals surface area contributed by atoms with Gasteiger partial charge in [-0.2, -0.15) is 0 Å². The van der Waals surface area contributed by atoms with Gasteiger partial charge in [0.1, 0.15) is 0 Å². The maximum Gasteiger partial charge on any atom is 0.0438 e. The zero-order chi connectivity index (χ0) is 14.2. The van der Waals surface area contributed by atoms with E-state index in [4.69, 9.17) is 11.6 Å². The average molecular weight is 292 g/mol. The summed E-state index contributed by atoms with van der Waals surface area (Å²) < 4.78 is 0. The molecule has 110 valence electrons. The van der Waals surface area contributed by atoms with E-state index in [0.717, 1.165) is 18.0 Å². The van der Waals surface area contributed by atoms with E-state index in [1.807, 2.05) is 12.1 Å². The molecule has 0 amide bonds. The molecule has 0 aromatic heterocycles. The molecule has 0 saturated carbocycles. The van der Waals surface area contributed by atoms with Gasteiger partial charge in [0.25, 0.3) is 0 Å². The summed E-state index contributed by atoms with van der Waals surface area (Å²) >= 11 is 6.32. The standard InChI is InChI=1S/C18H26ClN/c1-2-20-18(14-16-12-8-9-13-17(16)19)15-10-6-4-3-5-7-11-15/h8-10,12-13,18,20H,2-7,11,14H2,1H3/b15-10+. The van der Waals surface area contributed by atoms with Gasteiger partial charge in [-0.15, -0.1) is 0 Å². The van der Waals surface area contributed by atoms with E-state index in [-0.39, 0.29) is 0 Å². The lowest BCUT2D eigenvalue weighted by molar-refractivity contribution is 0.536. The van der Waals surface area contributed by atoms with Crippen LogP contribution in [-0.4, -0.2) is 12.6 Å². The second-order valence-corrected chi connectivity index (χ2v) is 6.04. The third-order valence-corrected chi connectivity index (χ3v) is 4.47. The van der Waals surface area contributed by atoms with Gasteiger partial charge in [-0.05, 0) is 50.3 Å². The van der Waals surface area contributed by atoms with Crippen molar-refractivity contribution in [2.24, 2.45) is 0 Å². The van der Waals surface area contributed by atoms with Gasteiger partial charge in [0, 0.05) is 11.1 Å². The van der Waals surface area contributed by atoms with Gasteiger partial charge in [0.05, 0.1) is 0 Å². The highest BCUT2D eigenvalue weighted by Gasteiger charge is 2.16. The molecule has 0 aliphatic heterocycles. The van der Waals surface area contributed by atoms with Crippen LogP contribution >= 0.6 is 11.6 Å². The Morgan fingerprint density at radius 1 is 1.15 bits per heavy atom. The first kappa shape index (κ1) is 15.6. The summed E-state index contributed by atoms with van der Waals surface area (Å²) in [4.78, 5) is 0. The molecule has 0 fully saturated rings. The predicted molar refractivity (Wildman–Crippen MR) is 88.4 cm³/mol. The van der Waals surface area contributed by atoms with Crippen LogP contribution in [0.25, 0.3) is 0 Å². The van der Waals surface area contributed by atoms with E-state index in [1.54, 1.807) is 5.57 Å². The van der Waals surface area contributed by atoms with Crippen molar-refractivity contribution in [1.29, 1.82) is 0 Å². The fourth-order valence-corrected chi connectivity index (χ4v) is 3.21. The monoisotopic (exact) mass is 291 g/mol. The molecule has 2 heteroatoms. The third kappa shape index (κ3) is 4.64. The van der Waals surface area contributed by atoms with Gasteiger partial charge in [-0.25, -0.2) is 0 Å². The molecule has 0 spiro atoms. The minimum atomic E-state index is 0.443. The summed E-state index contributed by atoms with van der Waals surface area (Å²) in [6.45, 7) is 3.19. The maximum absolute atomic E-state index is 6.32. The van der Waals surface area contributed by atoms with Crippen LogP contribution in [0.5, 0.6) is 0 Å². The number of benzene rings is 1. The van der Waals surface area contributed by atoms with Crippen molar-refractivity contribution in [2.45, 2.75) is 57.9 Å². The molecule has 0 bridgehead atoms. The fraction of sp³-hybridized carbons (Fsp3) is 0.556. The normalized spacial score (nSPS) is 20.6. The Morgan fingerprint density at radius 3 is 2.75 bits per heavy atom. The molecular formula is C18H26ClN. The van der Waals surface area contributed by atoms with Gasteiger partial charge in [0.2, 0.25) is 0 Å². The minimum absolute atomic E-state index is 0.443. The largest absolute Gasteiger partial charge is 0.310 e. The Bertz CT molecular complexity index is 439. The SMILES string of the molecule is CCNC(Cc1ccccc1Cl)/C1=C/CCCCCC1. The van der Waals surface area contributed by atoms with Crippen molar-refractivity contribution in [3.05, 3.63) is 46.5 Å². The summed E-state index contributed by atoms with van der Waals surface area (Å²) in [5, 5.41) is 4.54. The quantitative estimate of drug-likeness (QED) is 0.741. The highest BCUT2D eigenvalue weighted by Crippen LogP contribution is 2.24. The molecule has 2 rings (SSSR count). The molecular weight excluding hydrogens is 266 g/mol. The smallest absolute Gasteiger partial charge is 0.0438 e. The van der Waals surface area contributed by atoms with Crippen LogP contribution in [0.4, 0.5) is 0 Å². The molecule has 1 nitrogen and oxygen atoms in total. The first-order valence-electron chi connectivity index (χ1n) is 7.97. The Morgan fingerprint density at radius 2 is 1.95 bits per heavy atom. The first-order valence-corrected chi connectivity index (χ1v) is 8.34. The van der Waals surface area contributed by atoms with Crippen molar-refractivity contribution < 1.29 is 0 Å². The number of likely N-dealkylation sites (N-methyl/N-ethyl adjacent to an activating group) is 1. The highest BCUT2D eigenvalue weighted by molar-refractivity contribution is 6.31. The van der Waals surface area contributed by atoms with Crippen molar-refractivity contribution in [3.8, 4) is 0 Å². The number of hydrogen-bond donors (Lipinski definition) is 1. The molecule has 1 unspecified atom stereocenters. The maximum atomic E-state index is 6.32. The number of hydrogen-bond acceptors (Lipinski definition) is 1. The van der Waals surface area contributed by atoms with E-state index in [0.29, 0.717) is 6.04 Å². The lowest BCUT2D eigenvalue weighted by Gasteiger charge is -2.23. The molecule has 20 heavy (non-hydrogen) atoms. The molecule has 1 N–H and O–H groups in total. The van der Waals surface area contributed by atoms with Crippen LogP contribution in [0, 0.1) is 0 Å². The zero-order valence-corrected chi connectivity index (χ0v) is 13.3. The molecule has 1 aromatic carbocycles. The van der Waals surface area contributed by atoms with Crippen molar-refractivity contribution >= 4 is 11.6 Å². The Labute approximate surface area is 128 Å². The number of halogens is 1. The average Bonchev–Trinajstić information content (AvgIpc) is 2.40. The summed E-state index contributed by atoms with van der Waals surface area (Å²) in [5.74, 6) is 0. The number of nitrogens with one attached hydrogen (secondary N) is 1. The van der Waals surface area contributed by atoms with Crippen LogP contribution in [0.15, 0.2) is 35.9 Å².